The zero-order chi connectivity index (χ0) is 62.6. The number of likely N-dealkylation sites (N-methyl/N-ethyl adjacent to an activating group) is 1. The summed E-state index contributed by atoms with van der Waals surface area (Å²) in [6.45, 7) is 4.67. The number of aliphatic hydroxyl groups is 1. The van der Waals surface area contributed by atoms with Gasteiger partial charge in [0.05, 0.1) is 39.9 Å². The van der Waals surface area contributed by atoms with Gasteiger partial charge in [0, 0.05) is 6.42 Å². The van der Waals surface area contributed by atoms with Crippen LogP contribution in [0.3, 0.4) is 0 Å². The molecule has 0 aromatic heterocycles. The molecule has 0 saturated carbocycles. The third-order valence-electron chi connectivity index (χ3n) is 17.5. The first-order valence-corrected chi connectivity index (χ1v) is 39.5. The molecule has 0 rings (SSSR count). The lowest BCUT2D eigenvalue weighted by molar-refractivity contribution is -0.870. The van der Waals surface area contributed by atoms with Crippen LogP contribution in [0.15, 0.2) is 48.6 Å². The number of carbonyl (C=O) groups is 1. The van der Waals surface area contributed by atoms with E-state index >= 15 is 0 Å². The number of aliphatic hydroxyl groups excluding tert-OH is 1. The Hall–Kier alpha value is -1.54. The van der Waals surface area contributed by atoms with Gasteiger partial charge in [-0.05, 0) is 70.6 Å². The summed E-state index contributed by atoms with van der Waals surface area (Å²) in [4.78, 5) is 25.6. The molecule has 0 spiro atoms. The maximum Gasteiger partial charge on any atom is 0.268 e. The fourth-order valence-electron chi connectivity index (χ4n) is 11.6. The minimum atomic E-state index is -4.62. The summed E-state index contributed by atoms with van der Waals surface area (Å²) in [5, 5.41) is 13.9. The molecule has 0 aromatic rings. The summed E-state index contributed by atoms with van der Waals surface area (Å²) in [5.41, 5.74) is 0. The van der Waals surface area contributed by atoms with E-state index in [9.17, 15) is 19.4 Å². The quantitative estimate of drug-likeness (QED) is 0.0272. The van der Waals surface area contributed by atoms with Gasteiger partial charge >= 0.3 is 0 Å². The molecule has 0 radical (unpaired) electrons. The summed E-state index contributed by atoms with van der Waals surface area (Å²) < 4.78 is 23.4. The van der Waals surface area contributed by atoms with Crippen molar-refractivity contribution in [3.63, 3.8) is 0 Å². The van der Waals surface area contributed by atoms with E-state index in [0.29, 0.717) is 17.4 Å². The van der Waals surface area contributed by atoms with Crippen molar-refractivity contribution in [1.82, 2.24) is 5.32 Å². The third kappa shape index (κ3) is 69.9. The third-order valence-corrected chi connectivity index (χ3v) is 18.5. The maximum absolute atomic E-state index is 13.0. The largest absolute Gasteiger partial charge is 0.756 e. The number of nitrogens with one attached hydrogen (secondary N) is 1. The highest BCUT2D eigenvalue weighted by Crippen LogP contribution is 2.38. The Kier molecular flexibility index (Phi) is 66.6. The van der Waals surface area contributed by atoms with E-state index in [-0.39, 0.29) is 12.5 Å². The van der Waals surface area contributed by atoms with Gasteiger partial charge in [-0.25, -0.2) is 0 Å². The van der Waals surface area contributed by atoms with Crippen LogP contribution in [0.5, 0.6) is 0 Å². The topological polar surface area (TPSA) is 108 Å². The zero-order valence-electron chi connectivity index (χ0n) is 58.3. The van der Waals surface area contributed by atoms with Crippen LogP contribution < -0.4 is 10.2 Å². The first-order valence-electron chi connectivity index (χ1n) is 38.0. The van der Waals surface area contributed by atoms with Crippen LogP contribution in [-0.4, -0.2) is 68.5 Å². The monoisotopic (exact) mass is 1230 g/mol. The Bertz CT molecular complexity index is 1540. The van der Waals surface area contributed by atoms with E-state index in [1.807, 2.05) is 27.2 Å². The Morgan fingerprint density at radius 3 is 0.942 bits per heavy atom. The highest BCUT2D eigenvalue weighted by Gasteiger charge is 2.23. The van der Waals surface area contributed by atoms with E-state index in [1.165, 1.54) is 321 Å². The average Bonchev–Trinajstić information content (AvgIpc) is 3.70. The highest BCUT2D eigenvalue weighted by atomic mass is 31.2. The molecule has 0 bridgehead atoms. The van der Waals surface area contributed by atoms with Crippen molar-refractivity contribution in [2.75, 3.05) is 40.9 Å². The number of amides is 1. The van der Waals surface area contributed by atoms with E-state index in [4.69, 9.17) is 9.05 Å². The van der Waals surface area contributed by atoms with Crippen molar-refractivity contribution in [2.45, 2.75) is 398 Å². The standard InChI is InChI=1S/C77H149N2O6P/c1-6-8-10-12-14-16-18-20-22-24-26-28-30-31-32-33-34-35-36-37-38-39-40-41-42-43-44-45-46-47-49-51-53-55-57-59-61-63-65-67-69-71-77(81)78-75(74-85-86(82,83)84-73-72-79(3,4)5)76(80)70-68-66-64-62-60-58-56-54-52-50-48-29-27-25-23-21-19-17-15-13-11-9-7-2/h24,26,52,54,60,62,68,70,75-76,80H,6-23,25,27-51,53,55-59,61,63-67,69,71-74H2,1-5H3,(H-,78,81,82,83)/b26-24-,54-52+,62-60+,70-68+. The molecule has 3 atom stereocenters. The number of unbranched alkanes of at least 4 members (excludes halogenated alkanes) is 52. The van der Waals surface area contributed by atoms with Crippen molar-refractivity contribution in [3.8, 4) is 0 Å². The predicted octanol–water partition coefficient (Wildman–Crippen LogP) is 23.9. The Morgan fingerprint density at radius 1 is 0.395 bits per heavy atom. The molecule has 508 valence electrons. The van der Waals surface area contributed by atoms with E-state index in [0.717, 1.165) is 44.9 Å². The molecule has 3 unspecified atom stereocenters. The number of quaternary nitrogens is 1. The van der Waals surface area contributed by atoms with E-state index in [2.05, 4.69) is 55.6 Å². The van der Waals surface area contributed by atoms with Gasteiger partial charge in [-0.1, -0.05) is 358 Å². The van der Waals surface area contributed by atoms with Crippen molar-refractivity contribution in [3.05, 3.63) is 48.6 Å². The second kappa shape index (κ2) is 67.8. The first-order chi connectivity index (χ1) is 42.0. The molecule has 0 heterocycles. The summed E-state index contributed by atoms with van der Waals surface area (Å²) in [5.74, 6) is -0.204. The van der Waals surface area contributed by atoms with Crippen LogP contribution in [-0.2, 0) is 18.4 Å². The molecule has 0 fully saturated rings. The van der Waals surface area contributed by atoms with Crippen molar-refractivity contribution in [1.29, 1.82) is 0 Å². The predicted molar refractivity (Wildman–Crippen MR) is 376 cm³/mol. The smallest absolute Gasteiger partial charge is 0.268 e. The minimum Gasteiger partial charge on any atom is -0.756 e. The zero-order valence-corrected chi connectivity index (χ0v) is 59.2. The Labute approximate surface area is 537 Å². The second-order valence-electron chi connectivity index (χ2n) is 27.3. The SMILES string of the molecule is CCCCCCCCCC/C=C\CCCCCCCCCCCCCCCCCCCCCCCCCCCCCCCC(=O)NC(COP(=O)([O-])OCC[N+](C)(C)C)C(O)/C=C/CC/C=C/CC/C=C/CCCCCCCCCCCCCCC. The van der Waals surface area contributed by atoms with Crippen molar-refractivity contribution in [2.24, 2.45) is 0 Å². The summed E-state index contributed by atoms with van der Waals surface area (Å²) in [7, 11) is 1.25. The van der Waals surface area contributed by atoms with Gasteiger partial charge in [-0.15, -0.1) is 0 Å². The lowest BCUT2D eigenvalue weighted by atomic mass is 10.0. The summed E-state index contributed by atoms with van der Waals surface area (Å²) in [6, 6.07) is -0.910. The second-order valence-corrected chi connectivity index (χ2v) is 28.7. The summed E-state index contributed by atoms with van der Waals surface area (Å²) >= 11 is 0. The first kappa shape index (κ1) is 84.5. The molecule has 0 aliphatic heterocycles. The number of carbonyl (C=O) groups excluding carboxylic acids is 1. The van der Waals surface area contributed by atoms with Crippen LogP contribution in [0.4, 0.5) is 0 Å². The Morgan fingerprint density at radius 2 is 0.651 bits per heavy atom. The highest BCUT2D eigenvalue weighted by molar-refractivity contribution is 7.45. The number of rotatable bonds is 71. The van der Waals surface area contributed by atoms with Gasteiger partial charge in [0.25, 0.3) is 7.82 Å². The van der Waals surface area contributed by atoms with Crippen molar-refractivity contribution < 1.29 is 32.9 Å². The molecule has 86 heavy (non-hydrogen) atoms. The molecule has 1 amide bonds. The molecular weight excluding hydrogens is 1080 g/mol. The van der Waals surface area contributed by atoms with Crippen LogP contribution in [0, 0.1) is 0 Å². The van der Waals surface area contributed by atoms with Gasteiger partial charge in [0.2, 0.25) is 5.91 Å². The normalized spacial score (nSPS) is 13.8. The number of allylic oxidation sites excluding steroid dienone is 7. The lowest BCUT2D eigenvalue weighted by Gasteiger charge is -2.29. The minimum absolute atomic E-state index is 0.00767. The molecular formula is C77H149N2O6P. The van der Waals surface area contributed by atoms with Crippen LogP contribution in [0.1, 0.15) is 386 Å². The molecule has 0 saturated heterocycles. The molecule has 0 aliphatic carbocycles. The summed E-state index contributed by atoms with van der Waals surface area (Å²) in [6.07, 6.45) is 92.8. The molecule has 0 aromatic carbocycles. The maximum atomic E-state index is 13.0. The molecule has 2 N–H and O–H groups in total. The number of phosphoric ester groups is 1. The van der Waals surface area contributed by atoms with Gasteiger partial charge < -0.3 is 28.8 Å². The molecule has 0 aliphatic rings. The van der Waals surface area contributed by atoms with Crippen LogP contribution >= 0.6 is 7.82 Å². The fourth-order valence-corrected chi connectivity index (χ4v) is 12.3. The van der Waals surface area contributed by atoms with E-state index in [1.54, 1.807) is 6.08 Å². The fraction of sp³-hybridized carbons (Fsp3) is 0.883. The average molecular weight is 1230 g/mol. The van der Waals surface area contributed by atoms with E-state index < -0.39 is 26.6 Å². The number of hydrogen-bond acceptors (Lipinski definition) is 6. The van der Waals surface area contributed by atoms with Gasteiger partial charge in [-0.3, -0.25) is 9.36 Å². The van der Waals surface area contributed by atoms with Crippen LogP contribution in [0.2, 0.25) is 0 Å². The van der Waals surface area contributed by atoms with Crippen LogP contribution in [0.25, 0.3) is 0 Å². The molecule has 9 heteroatoms. The molecule has 8 nitrogen and oxygen atoms in total. The van der Waals surface area contributed by atoms with Gasteiger partial charge in [0.15, 0.2) is 0 Å². The lowest BCUT2D eigenvalue weighted by Crippen LogP contribution is -2.45. The number of nitrogens with zero attached hydrogens (tertiary/aromatic N) is 1. The van der Waals surface area contributed by atoms with Gasteiger partial charge in [-0.2, -0.15) is 0 Å². The number of hydrogen-bond donors (Lipinski definition) is 2. The number of phosphoric acid groups is 1. The Balaban J connectivity index is 3.94. The van der Waals surface area contributed by atoms with Crippen molar-refractivity contribution >= 4 is 13.7 Å². The van der Waals surface area contributed by atoms with Gasteiger partial charge in [0.1, 0.15) is 13.2 Å².